The van der Waals surface area contributed by atoms with Gasteiger partial charge in [0.15, 0.2) is 5.16 Å². The molecule has 0 amide bonds. The highest BCUT2D eigenvalue weighted by atomic mass is 35.5. The number of hydrogen-bond acceptors (Lipinski definition) is 6. The number of fused-ring (bicyclic) bond motifs is 1. The first-order valence-electron chi connectivity index (χ1n) is 7.83. The van der Waals surface area contributed by atoms with E-state index in [4.69, 9.17) is 27.9 Å². The summed E-state index contributed by atoms with van der Waals surface area (Å²) in [5, 5.41) is 5.02. The van der Waals surface area contributed by atoms with Gasteiger partial charge in [-0.05, 0) is 43.0 Å². The predicted octanol–water partition coefficient (Wildman–Crippen LogP) is 4.97. The highest BCUT2D eigenvalue weighted by Gasteiger charge is 2.15. The molecule has 0 saturated carbocycles. The number of benzene rings is 1. The third-order valence-corrected chi connectivity index (χ3v) is 5.63. The highest BCUT2D eigenvalue weighted by Crippen LogP contribution is 2.26. The lowest BCUT2D eigenvalue weighted by Gasteiger charge is -2.12. The van der Waals surface area contributed by atoms with E-state index in [2.05, 4.69) is 4.98 Å². The average Bonchev–Trinajstić information content (AvgIpc) is 3.12. The molecule has 0 N–H and O–H groups in total. The molecule has 3 rings (SSSR count). The van der Waals surface area contributed by atoms with E-state index in [9.17, 15) is 9.59 Å². The van der Waals surface area contributed by atoms with Gasteiger partial charge in [0.25, 0.3) is 5.56 Å². The van der Waals surface area contributed by atoms with E-state index < -0.39 is 5.97 Å². The van der Waals surface area contributed by atoms with Crippen molar-refractivity contribution in [3.8, 4) is 5.69 Å². The number of aromatic nitrogens is 2. The minimum absolute atomic E-state index is 0.0975. The first-order valence-corrected chi connectivity index (χ1v) is 10.8. The monoisotopic (exact) mass is 440 g/mol. The van der Waals surface area contributed by atoms with E-state index in [-0.39, 0.29) is 17.2 Å². The van der Waals surface area contributed by atoms with Crippen molar-refractivity contribution in [2.45, 2.75) is 12.1 Å². The lowest BCUT2D eigenvalue weighted by atomic mass is 10.1. The van der Waals surface area contributed by atoms with E-state index in [0.29, 0.717) is 32.3 Å². The van der Waals surface area contributed by atoms with Crippen LogP contribution in [0.3, 0.4) is 0 Å². The van der Waals surface area contributed by atoms with Crippen LogP contribution in [0.4, 0.5) is 0 Å². The summed E-state index contributed by atoms with van der Waals surface area (Å²) in [6, 6.07) is 5.05. The molecule has 0 spiro atoms. The van der Waals surface area contributed by atoms with E-state index in [0.717, 1.165) is 0 Å². The predicted molar refractivity (Wildman–Crippen MR) is 112 cm³/mol. The SMILES string of the molecule is CCOC(=O)/C(Cl)=C/c1cc(-n2c(SC)nc3cscc3c2=O)ccc1Cl. The minimum Gasteiger partial charge on any atom is -0.462 e. The van der Waals surface area contributed by atoms with Crippen LogP contribution in [0, 0.1) is 0 Å². The van der Waals surface area contributed by atoms with Gasteiger partial charge in [0.1, 0.15) is 5.03 Å². The maximum Gasteiger partial charge on any atom is 0.349 e. The van der Waals surface area contributed by atoms with Gasteiger partial charge in [-0.25, -0.2) is 9.78 Å². The number of hydrogen-bond donors (Lipinski definition) is 0. The first kappa shape index (κ1) is 19.9. The number of carbonyl (C=O) groups excluding carboxylic acids is 1. The molecule has 27 heavy (non-hydrogen) atoms. The van der Waals surface area contributed by atoms with Crippen LogP contribution in [0.5, 0.6) is 0 Å². The second kappa shape index (κ2) is 8.48. The quantitative estimate of drug-likeness (QED) is 0.242. The zero-order chi connectivity index (χ0) is 19.6. The Hall–Kier alpha value is -1.80. The Balaban J connectivity index is 2.16. The van der Waals surface area contributed by atoms with Crippen LogP contribution in [0.1, 0.15) is 12.5 Å². The molecule has 0 bridgehead atoms. The molecule has 0 fully saturated rings. The number of thiophene rings is 1. The maximum atomic E-state index is 12.9. The minimum atomic E-state index is -0.635. The fraction of sp³-hybridized carbons (Fsp3) is 0.167. The third-order valence-electron chi connectivity index (χ3n) is 3.66. The molecule has 5 nitrogen and oxygen atoms in total. The van der Waals surface area contributed by atoms with E-state index in [1.807, 2.05) is 11.6 Å². The molecule has 3 aromatic rings. The van der Waals surface area contributed by atoms with Gasteiger partial charge in [0.2, 0.25) is 0 Å². The zero-order valence-electron chi connectivity index (χ0n) is 14.4. The second-order valence-electron chi connectivity index (χ2n) is 5.33. The van der Waals surface area contributed by atoms with Crippen molar-refractivity contribution < 1.29 is 9.53 Å². The Morgan fingerprint density at radius 2 is 2.19 bits per heavy atom. The summed E-state index contributed by atoms with van der Waals surface area (Å²) in [5.74, 6) is -0.635. The second-order valence-corrected chi connectivity index (χ2v) is 7.66. The van der Waals surface area contributed by atoms with E-state index in [1.165, 1.54) is 33.7 Å². The number of rotatable bonds is 5. The number of carbonyl (C=O) groups is 1. The molecule has 0 aliphatic heterocycles. The maximum absolute atomic E-state index is 12.9. The zero-order valence-corrected chi connectivity index (χ0v) is 17.5. The molecule has 0 unspecified atom stereocenters. The van der Waals surface area contributed by atoms with E-state index in [1.54, 1.807) is 30.5 Å². The Kier molecular flexibility index (Phi) is 6.26. The van der Waals surface area contributed by atoms with Gasteiger partial charge in [0, 0.05) is 15.8 Å². The lowest BCUT2D eigenvalue weighted by molar-refractivity contribution is -0.137. The summed E-state index contributed by atoms with van der Waals surface area (Å²) in [5.41, 5.74) is 1.58. The summed E-state index contributed by atoms with van der Waals surface area (Å²) >= 11 is 15.0. The molecule has 0 atom stereocenters. The lowest BCUT2D eigenvalue weighted by Crippen LogP contribution is -2.21. The van der Waals surface area contributed by atoms with Crippen LogP contribution in [0.15, 0.2) is 43.9 Å². The molecule has 0 aliphatic carbocycles. The number of esters is 1. The normalized spacial score (nSPS) is 11.8. The van der Waals surface area contributed by atoms with Crippen molar-refractivity contribution in [2.24, 2.45) is 0 Å². The molecule has 2 heterocycles. The van der Waals surface area contributed by atoms with Crippen molar-refractivity contribution in [1.29, 1.82) is 0 Å². The summed E-state index contributed by atoms with van der Waals surface area (Å²) < 4.78 is 6.40. The first-order chi connectivity index (χ1) is 13.0. The molecule has 0 aliphatic rings. The van der Waals surface area contributed by atoms with Crippen molar-refractivity contribution in [3.05, 3.63) is 54.9 Å². The van der Waals surface area contributed by atoms with Crippen LogP contribution >= 0.6 is 46.3 Å². The van der Waals surface area contributed by atoms with Crippen LogP contribution in [-0.2, 0) is 9.53 Å². The fourth-order valence-electron chi connectivity index (χ4n) is 2.44. The van der Waals surface area contributed by atoms with Crippen LogP contribution < -0.4 is 5.56 Å². The molecule has 1 aromatic carbocycles. The van der Waals surface area contributed by atoms with Gasteiger partial charge in [-0.15, -0.1) is 11.3 Å². The third kappa shape index (κ3) is 4.06. The molecule has 140 valence electrons. The molecular weight excluding hydrogens is 427 g/mol. The highest BCUT2D eigenvalue weighted by molar-refractivity contribution is 7.98. The van der Waals surface area contributed by atoms with Crippen molar-refractivity contribution in [1.82, 2.24) is 9.55 Å². The summed E-state index contributed by atoms with van der Waals surface area (Å²) in [6.45, 7) is 1.91. The summed E-state index contributed by atoms with van der Waals surface area (Å²) in [7, 11) is 0. The Bertz CT molecular complexity index is 1110. The largest absolute Gasteiger partial charge is 0.462 e. The number of ether oxygens (including phenoxy) is 1. The molecule has 0 saturated heterocycles. The van der Waals surface area contributed by atoms with Crippen LogP contribution in [0.25, 0.3) is 22.7 Å². The van der Waals surface area contributed by atoms with Crippen LogP contribution in [0.2, 0.25) is 5.02 Å². The standard InChI is InChI=1S/C18H14Cl2N2O3S2/c1-3-25-17(24)14(20)7-10-6-11(4-5-13(10)19)22-16(23)12-8-27-9-15(12)21-18(22)26-2/h4-9H,3H2,1-2H3/b14-7-. The van der Waals surface area contributed by atoms with Gasteiger partial charge < -0.3 is 4.74 Å². The van der Waals surface area contributed by atoms with Gasteiger partial charge in [0.05, 0.1) is 23.2 Å². The molecule has 0 radical (unpaired) electrons. The van der Waals surface area contributed by atoms with Gasteiger partial charge in [-0.1, -0.05) is 35.0 Å². The Morgan fingerprint density at radius 1 is 1.41 bits per heavy atom. The molecular formula is C18H14Cl2N2O3S2. The topological polar surface area (TPSA) is 61.2 Å². The Morgan fingerprint density at radius 3 is 2.89 bits per heavy atom. The number of thioether (sulfide) groups is 1. The molecule has 9 heteroatoms. The summed E-state index contributed by atoms with van der Waals surface area (Å²) in [4.78, 5) is 29.2. The van der Waals surface area contributed by atoms with Crippen molar-refractivity contribution in [3.63, 3.8) is 0 Å². The smallest absolute Gasteiger partial charge is 0.349 e. The fourth-order valence-corrected chi connectivity index (χ4v) is 4.08. The van der Waals surface area contributed by atoms with Crippen molar-refractivity contribution in [2.75, 3.05) is 12.9 Å². The average molecular weight is 441 g/mol. The summed E-state index contributed by atoms with van der Waals surface area (Å²) in [6.07, 6.45) is 3.27. The van der Waals surface area contributed by atoms with Gasteiger partial charge in [-0.2, -0.15) is 0 Å². The van der Waals surface area contributed by atoms with Gasteiger partial charge >= 0.3 is 5.97 Å². The number of halogens is 2. The van der Waals surface area contributed by atoms with Crippen LogP contribution in [-0.4, -0.2) is 28.4 Å². The van der Waals surface area contributed by atoms with E-state index >= 15 is 0 Å². The number of nitrogens with zero attached hydrogens (tertiary/aromatic N) is 2. The van der Waals surface area contributed by atoms with Crippen molar-refractivity contribution >= 4 is 69.2 Å². The van der Waals surface area contributed by atoms with Gasteiger partial charge in [-0.3, -0.25) is 9.36 Å². The Labute approximate surface area is 173 Å². The molecule has 2 aromatic heterocycles.